The summed E-state index contributed by atoms with van der Waals surface area (Å²) in [7, 11) is 0. The van der Waals surface area contributed by atoms with Crippen molar-refractivity contribution in [3.8, 4) is 0 Å². The normalized spacial score (nSPS) is 11.9. The second-order valence-corrected chi connectivity index (χ2v) is 6.29. The van der Waals surface area contributed by atoms with Gasteiger partial charge in [0.15, 0.2) is 5.96 Å². The molecule has 22 heavy (non-hydrogen) atoms. The quantitative estimate of drug-likeness (QED) is 0.201. The van der Waals surface area contributed by atoms with Crippen molar-refractivity contribution in [3.63, 3.8) is 0 Å². The molecule has 0 unspecified atom stereocenters. The van der Waals surface area contributed by atoms with Gasteiger partial charge in [-0.05, 0) is 13.3 Å². The summed E-state index contributed by atoms with van der Waals surface area (Å²) in [6.45, 7) is 2.90. The Labute approximate surface area is 153 Å². The summed E-state index contributed by atoms with van der Waals surface area (Å²) in [6.07, 6.45) is -2.40. The van der Waals surface area contributed by atoms with E-state index in [1.165, 1.54) is 0 Å². The highest BCUT2D eigenvalue weighted by Gasteiger charge is 2.26. The summed E-state index contributed by atoms with van der Waals surface area (Å²) in [6, 6.07) is 0. The number of nitrogens with zero attached hydrogens (tertiary/aromatic N) is 2. The number of rotatable bonds is 8. The van der Waals surface area contributed by atoms with Gasteiger partial charge in [0.25, 0.3) is 0 Å². The van der Waals surface area contributed by atoms with Crippen LogP contribution < -0.4 is 10.6 Å². The molecular weight excluding hydrogens is 448 g/mol. The summed E-state index contributed by atoms with van der Waals surface area (Å²) >= 11 is 3.26. The number of halogens is 4. The molecule has 0 amide bonds. The molecule has 1 aromatic heterocycles. The third kappa shape index (κ3) is 11.4. The molecule has 0 aromatic carbocycles. The Kier molecular flexibility index (Phi) is 12.1. The molecule has 0 aliphatic rings. The van der Waals surface area contributed by atoms with E-state index in [0.717, 1.165) is 16.5 Å². The molecule has 0 saturated carbocycles. The van der Waals surface area contributed by atoms with Gasteiger partial charge < -0.3 is 10.6 Å². The second-order valence-electron chi connectivity index (χ2n) is 4.05. The first-order valence-corrected chi connectivity index (χ1v) is 8.49. The highest BCUT2D eigenvalue weighted by atomic mass is 127. The molecule has 128 valence electrons. The van der Waals surface area contributed by atoms with Crippen LogP contribution in [0.3, 0.4) is 0 Å². The summed E-state index contributed by atoms with van der Waals surface area (Å²) in [5.74, 6) is 1.32. The van der Waals surface area contributed by atoms with Gasteiger partial charge in [-0.15, -0.1) is 35.3 Å². The molecule has 1 rings (SSSR count). The fourth-order valence-corrected chi connectivity index (χ4v) is 2.99. The molecule has 1 heterocycles. The number of hydrogen-bond donors (Lipinski definition) is 2. The van der Waals surface area contributed by atoms with Crippen molar-refractivity contribution in [1.82, 2.24) is 15.6 Å². The maximum atomic E-state index is 12.1. The molecule has 0 bridgehead atoms. The molecule has 2 N–H and O–H groups in total. The van der Waals surface area contributed by atoms with Crippen LogP contribution in [0.2, 0.25) is 0 Å². The molecule has 0 spiro atoms. The first kappa shape index (κ1) is 21.8. The van der Waals surface area contributed by atoms with E-state index in [0.29, 0.717) is 19.0 Å². The molecule has 0 aliphatic heterocycles. The fraction of sp³-hybridized carbons (Fsp3) is 0.667. The van der Waals surface area contributed by atoms with Gasteiger partial charge in [-0.3, -0.25) is 4.99 Å². The molecule has 1 aromatic rings. The van der Waals surface area contributed by atoms with Gasteiger partial charge in [0.1, 0.15) is 4.34 Å². The number of hydrogen-bond acceptors (Lipinski definition) is 4. The minimum atomic E-state index is -4.14. The molecule has 0 saturated heterocycles. The van der Waals surface area contributed by atoms with E-state index in [-0.39, 0.29) is 30.5 Å². The standard InChI is InChI=1S/C12H19F3N4S2.HI/c1-2-16-10(18-6-4-12(13,14)15)17-5-3-8-20-11-19-7-9-21-11;/h7,9H,2-6,8H2,1H3,(H2,16,17,18);1H. The van der Waals surface area contributed by atoms with E-state index in [4.69, 9.17) is 0 Å². The summed E-state index contributed by atoms with van der Waals surface area (Å²) in [5, 5.41) is 7.54. The fourth-order valence-electron chi connectivity index (χ4n) is 1.36. The highest BCUT2D eigenvalue weighted by Crippen LogP contribution is 2.20. The van der Waals surface area contributed by atoms with Crippen molar-refractivity contribution in [1.29, 1.82) is 0 Å². The minimum absolute atomic E-state index is 0. The Bertz CT molecular complexity index is 413. The van der Waals surface area contributed by atoms with Gasteiger partial charge >= 0.3 is 6.18 Å². The lowest BCUT2D eigenvalue weighted by Gasteiger charge is -2.12. The monoisotopic (exact) mass is 468 g/mol. The van der Waals surface area contributed by atoms with E-state index >= 15 is 0 Å². The van der Waals surface area contributed by atoms with Gasteiger partial charge in [0, 0.05) is 37.0 Å². The first-order chi connectivity index (χ1) is 10.0. The number of thioether (sulfide) groups is 1. The zero-order valence-electron chi connectivity index (χ0n) is 12.2. The van der Waals surface area contributed by atoms with Crippen LogP contribution in [0.15, 0.2) is 20.9 Å². The molecule has 0 aliphatic carbocycles. The lowest BCUT2D eigenvalue weighted by molar-refractivity contribution is -0.132. The SMILES string of the molecule is CCNC(=NCCCSc1nccs1)NCCC(F)(F)F.I. The average Bonchev–Trinajstić information content (AvgIpc) is 2.90. The average molecular weight is 468 g/mol. The zero-order chi connectivity index (χ0) is 15.6. The van der Waals surface area contributed by atoms with Gasteiger partial charge in [-0.2, -0.15) is 13.2 Å². The Morgan fingerprint density at radius 2 is 2.18 bits per heavy atom. The van der Waals surface area contributed by atoms with Crippen LogP contribution in [0.25, 0.3) is 0 Å². The minimum Gasteiger partial charge on any atom is -0.357 e. The largest absolute Gasteiger partial charge is 0.390 e. The lowest BCUT2D eigenvalue weighted by atomic mass is 10.4. The number of nitrogens with one attached hydrogen (secondary N) is 2. The molecule has 0 atom stereocenters. The molecule has 0 fully saturated rings. The Morgan fingerprint density at radius 1 is 1.41 bits per heavy atom. The summed E-state index contributed by atoms with van der Waals surface area (Å²) in [4.78, 5) is 8.40. The number of guanidine groups is 1. The molecule has 0 radical (unpaired) electrons. The third-order valence-electron chi connectivity index (χ3n) is 2.25. The van der Waals surface area contributed by atoms with Gasteiger partial charge in [-0.25, -0.2) is 4.98 Å². The van der Waals surface area contributed by atoms with Gasteiger partial charge in [0.05, 0.1) is 6.42 Å². The maximum Gasteiger partial charge on any atom is 0.390 e. The summed E-state index contributed by atoms with van der Waals surface area (Å²) < 4.78 is 37.2. The van der Waals surface area contributed by atoms with Crippen LogP contribution in [0.5, 0.6) is 0 Å². The third-order valence-corrected chi connectivity index (χ3v) is 4.30. The van der Waals surface area contributed by atoms with E-state index in [9.17, 15) is 13.2 Å². The molecule has 4 nitrogen and oxygen atoms in total. The second kappa shape index (κ2) is 12.2. The Morgan fingerprint density at radius 3 is 2.77 bits per heavy atom. The van der Waals surface area contributed by atoms with Gasteiger partial charge in [-0.1, -0.05) is 11.8 Å². The summed E-state index contributed by atoms with van der Waals surface area (Å²) in [5.41, 5.74) is 0. The first-order valence-electron chi connectivity index (χ1n) is 6.62. The van der Waals surface area contributed by atoms with Crippen LogP contribution >= 0.6 is 47.1 Å². The Balaban J connectivity index is 0.00000441. The number of thiazole rings is 1. The molecular formula is C12H20F3IN4S2. The smallest absolute Gasteiger partial charge is 0.357 e. The molecule has 10 heteroatoms. The van der Waals surface area contributed by atoms with E-state index in [2.05, 4.69) is 20.6 Å². The van der Waals surface area contributed by atoms with Crippen molar-refractivity contribution in [2.45, 2.75) is 30.3 Å². The van der Waals surface area contributed by atoms with Crippen molar-refractivity contribution in [2.24, 2.45) is 4.99 Å². The van der Waals surface area contributed by atoms with Crippen LogP contribution in [-0.2, 0) is 0 Å². The number of aromatic nitrogens is 1. The Hall–Kier alpha value is -0.230. The number of aliphatic imine (C=N–C) groups is 1. The van der Waals surface area contributed by atoms with Crippen LogP contribution in [-0.4, -0.2) is 42.5 Å². The predicted octanol–water partition coefficient (Wildman–Crippen LogP) is 3.75. The van der Waals surface area contributed by atoms with Crippen LogP contribution in [0.1, 0.15) is 19.8 Å². The van der Waals surface area contributed by atoms with Gasteiger partial charge in [0.2, 0.25) is 0 Å². The topological polar surface area (TPSA) is 49.3 Å². The maximum absolute atomic E-state index is 12.1. The van der Waals surface area contributed by atoms with E-state index in [1.54, 1.807) is 29.3 Å². The van der Waals surface area contributed by atoms with Crippen molar-refractivity contribution < 1.29 is 13.2 Å². The van der Waals surface area contributed by atoms with Crippen molar-refractivity contribution in [2.75, 3.05) is 25.4 Å². The van der Waals surface area contributed by atoms with Crippen LogP contribution in [0.4, 0.5) is 13.2 Å². The number of alkyl halides is 3. The van der Waals surface area contributed by atoms with E-state index in [1.807, 2.05) is 12.3 Å². The highest BCUT2D eigenvalue weighted by molar-refractivity contribution is 14.0. The zero-order valence-corrected chi connectivity index (χ0v) is 16.1. The van der Waals surface area contributed by atoms with E-state index < -0.39 is 12.6 Å². The van der Waals surface area contributed by atoms with Crippen LogP contribution in [0, 0.1) is 0 Å². The lowest BCUT2D eigenvalue weighted by Crippen LogP contribution is -2.39. The van der Waals surface area contributed by atoms with Crippen molar-refractivity contribution >= 4 is 53.0 Å². The predicted molar refractivity (Wildman–Crippen MR) is 97.5 cm³/mol. The van der Waals surface area contributed by atoms with Crippen molar-refractivity contribution in [3.05, 3.63) is 11.6 Å².